The summed E-state index contributed by atoms with van der Waals surface area (Å²) < 4.78 is 28.3. The van der Waals surface area contributed by atoms with E-state index in [1.165, 1.54) is 30.5 Å². The Morgan fingerprint density at radius 2 is 1.54 bits per heavy atom. The van der Waals surface area contributed by atoms with E-state index in [4.69, 9.17) is 0 Å². The van der Waals surface area contributed by atoms with E-state index < -0.39 is 21.1 Å². The highest BCUT2D eigenvalue weighted by molar-refractivity contribution is 9.10. The van der Waals surface area contributed by atoms with Gasteiger partial charge in [-0.05, 0) is 64.5 Å². The van der Waals surface area contributed by atoms with E-state index in [1.807, 2.05) is 12.1 Å². The first-order chi connectivity index (χ1) is 12.3. The second kappa shape index (κ2) is 6.10. The lowest BCUT2D eigenvalue weighted by molar-refractivity contribution is 0.601. The molecule has 0 atom stereocenters. The summed E-state index contributed by atoms with van der Waals surface area (Å²) in [6, 6.07) is 10.1. The number of hydrogen-bond donors (Lipinski definition) is 3. The van der Waals surface area contributed by atoms with E-state index in [-0.39, 0.29) is 14.9 Å². The molecule has 4 rings (SSSR count). The van der Waals surface area contributed by atoms with Crippen molar-refractivity contribution in [1.82, 2.24) is 9.97 Å². The first-order valence-corrected chi connectivity index (χ1v) is 10.2. The third kappa shape index (κ3) is 3.19. The SMILES string of the molecule is O=c1[nH]c2cc(Br)c(S(=O)(=O)Nc3ccc(C4CC4)cc3)cc2[nH]c1=O. The van der Waals surface area contributed by atoms with Gasteiger partial charge in [0, 0.05) is 10.2 Å². The van der Waals surface area contributed by atoms with Gasteiger partial charge in [0.15, 0.2) is 0 Å². The quantitative estimate of drug-likeness (QED) is 0.546. The van der Waals surface area contributed by atoms with Crippen LogP contribution in [0.5, 0.6) is 0 Å². The average Bonchev–Trinajstić information content (AvgIpc) is 3.41. The predicted molar refractivity (Wildman–Crippen MR) is 102 cm³/mol. The number of aromatic nitrogens is 2. The summed E-state index contributed by atoms with van der Waals surface area (Å²) >= 11 is 3.22. The van der Waals surface area contributed by atoms with Crippen molar-refractivity contribution < 1.29 is 8.42 Å². The first-order valence-electron chi connectivity index (χ1n) is 7.92. The lowest BCUT2D eigenvalue weighted by Gasteiger charge is -2.11. The Kier molecular flexibility index (Phi) is 4.00. The van der Waals surface area contributed by atoms with E-state index >= 15 is 0 Å². The summed E-state index contributed by atoms with van der Waals surface area (Å²) in [7, 11) is -3.89. The fourth-order valence-electron chi connectivity index (χ4n) is 2.77. The molecule has 1 aliphatic rings. The highest BCUT2D eigenvalue weighted by Gasteiger charge is 2.24. The van der Waals surface area contributed by atoms with Crippen LogP contribution in [0.25, 0.3) is 11.0 Å². The lowest BCUT2D eigenvalue weighted by Crippen LogP contribution is -2.29. The molecule has 3 aromatic rings. The van der Waals surface area contributed by atoms with E-state index in [0.29, 0.717) is 17.1 Å². The molecule has 26 heavy (non-hydrogen) atoms. The zero-order chi connectivity index (χ0) is 18.5. The minimum atomic E-state index is -3.89. The molecule has 1 aliphatic carbocycles. The van der Waals surface area contributed by atoms with Gasteiger partial charge in [0.05, 0.1) is 11.0 Å². The van der Waals surface area contributed by atoms with Crippen LogP contribution in [-0.2, 0) is 10.0 Å². The van der Waals surface area contributed by atoms with E-state index in [2.05, 4.69) is 30.6 Å². The van der Waals surface area contributed by atoms with E-state index in [1.54, 1.807) is 12.1 Å². The van der Waals surface area contributed by atoms with Gasteiger partial charge in [0.2, 0.25) is 0 Å². The predicted octanol–water partition coefficient (Wildman–Crippen LogP) is 2.66. The van der Waals surface area contributed by atoms with E-state index in [0.717, 1.165) is 0 Å². The second-order valence-corrected chi connectivity index (χ2v) is 8.74. The summed E-state index contributed by atoms with van der Waals surface area (Å²) in [5, 5.41) is 0. The zero-order valence-electron chi connectivity index (χ0n) is 13.4. The molecule has 0 saturated heterocycles. The minimum Gasteiger partial charge on any atom is -0.316 e. The molecule has 0 aliphatic heterocycles. The standard InChI is InChI=1S/C17H14BrN3O4S/c18-12-7-13-14(20-17(23)16(22)19-13)8-15(12)26(24,25)21-11-5-3-10(4-6-11)9-1-2-9/h3-9,21H,1-2H2,(H,19,22)(H,20,23). The maximum absolute atomic E-state index is 12.7. The molecule has 1 saturated carbocycles. The smallest absolute Gasteiger partial charge is 0.314 e. The van der Waals surface area contributed by atoms with Gasteiger partial charge in [-0.1, -0.05) is 12.1 Å². The van der Waals surface area contributed by atoms with Crippen molar-refractivity contribution in [2.75, 3.05) is 4.72 Å². The first kappa shape index (κ1) is 17.0. The number of aromatic amines is 2. The van der Waals surface area contributed by atoms with Crippen molar-refractivity contribution in [2.24, 2.45) is 0 Å². The largest absolute Gasteiger partial charge is 0.316 e. The average molecular weight is 436 g/mol. The molecule has 3 N–H and O–H groups in total. The molecule has 1 heterocycles. The molecular weight excluding hydrogens is 422 g/mol. The molecule has 9 heteroatoms. The van der Waals surface area contributed by atoms with Crippen molar-refractivity contribution in [2.45, 2.75) is 23.7 Å². The summed E-state index contributed by atoms with van der Waals surface area (Å²) in [6.45, 7) is 0. The molecular formula is C17H14BrN3O4S. The highest BCUT2D eigenvalue weighted by atomic mass is 79.9. The molecule has 2 aromatic carbocycles. The van der Waals surface area contributed by atoms with Crippen molar-refractivity contribution in [3.8, 4) is 0 Å². The summed E-state index contributed by atoms with van der Waals surface area (Å²) in [4.78, 5) is 27.6. The Hall–Kier alpha value is -2.39. The van der Waals surface area contributed by atoms with Gasteiger partial charge in [-0.15, -0.1) is 0 Å². The van der Waals surface area contributed by atoms with Crippen molar-refractivity contribution in [3.05, 3.63) is 67.1 Å². The molecule has 1 fully saturated rings. The molecule has 0 bridgehead atoms. The van der Waals surface area contributed by atoms with Crippen LogP contribution in [0.15, 0.2) is 55.4 Å². The summed E-state index contributed by atoms with van der Waals surface area (Å²) in [5.74, 6) is 0.592. The molecule has 0 spiro atoms. The molecule has 7 nitrogen and oxygen atoms in total. The van der Waals surface area contributed by atoms with Crippen molar-refractivity contribution in [3.63, 3.8) is 0 Å². The van der Waals surface area contributed by atoms with Crippen LogP contribution in [-0.4, -0.2) is 18.4 Å². The molecule has 1 aromatic heterocycles. The normalized spacial score (nSPS) is 14.5. The second-order valence-electron chi connectivity index (χ2n) is 6.24. The maximum atomic E-state index is 12.7. The lowest BCUT2D eigenvalue weighted by atomic mass is 10.1. The van der Waals surface area contributed by atoms with Crippen LogP contribution in [0.1, 0.15) is 24.3 Å². The van der Waals surface area contributed by atoms with Crippen LogP contribution < -0.4 is 15.8 Å². The fourth-order valence-corrected chi connectivity index (χ4v) is 4.90. The number of hydrogen-bond acceptors (Lipinski definition) is 4. The van der Waals surface area contributed by atoms with E-state index in [9.17, 15) is 18.0 Å². The number of fused-ring (bicyclic) bond motifs is 1. The minimum absolute atomic E-state index is 0.0426. The number of sulfonamides is 1. The Labute approximate surface area is 156 Å². The van der Waals surface area contributed by atoms with Gasteiger partial charge in [0.25, 0.3) is 10.0 Å². The third-order valence-corrected chi connectivity index (χ3v) is 6.62. The third-order valence-electron chi connectivity index (χ3n) is 4.28. The number of halogens is 1. The number of benzene rings is 2. The number of anilines is 1. The van der Waals surface area contributed by atoms with Crippen LogP contribution in [0.4, 0.5) is 5.69 Å². The zero-order valence-corrected chi connectivity index (χ0v) is 15.8. The van der Waals surface area contributed by atoms with Crippen LogP contribution in [0.3, 0.4) is 0 Å². The maximum Gasteiger partial charge on any atom is 0.314 e. The number of H-pyrrole nitrogens is 2. The van der Waals surface area contributed by atoms with Crippen LogP contribution in [0, 0.1) is 0 Å². The van der Waals surface area contributed by atoms with Gasteiger partial charge in [-0.2, -0.15) is 0 Å². The van der Waals surface area contributed by atoms with Crippen molar-refractivity contribution >= 4 is 42.7 Å². The van der Waals surface area contributed by atoms with Gasteiger partial charge in [-0.3, -0.25) is 14.3 Å². The van der Waals surface area contributed by atoms with Gasteiger partial charge in [0.1, 0.15) is 4.90 Å². The Balaban J connectivity index is 1.72. The number of nitrogens with one attached hydrogen (secondary N) is 3. The van der Waals surface area contributed by atoms with Crippen molar-refractivity contribution in [1.29, 1.82) is 0 Å². The van der Waals surface area contributed by atoms with Gasteiger partial charge < -0.3 is 9.97 Å². The summed E-state index contributed by atoms with van der Waals surface area (Å²) in [5.41, 5.74) is 0.579. The molecule has 134 valence electrons. The topological polar surface area (TPSA) is 112 Å². The number of rotatable bonds is 4. The monoisotopic (exact) mass is 435 g/mol. The Morgan fingerprint density at radius 1 is 0.962 bits per heavy atom. The molecule has 0 unspecified atom stereocenters. The van der Waals surface area contributed by atoms with Gasteiger partial charge in [-0.25, -0.2) is 8.42 Å². The Bertz CT molecular complexity index is 1230. The van der Waals surface area contributed by atoms with Gasteiger partial charge >= 0.3 is 11.1 Å². The van der Waals surface area contributed by atoms with Crippen LogP contribution >= 0.6 is 15.9 Å². The Morgan fingerprint density at radius 3 is 2.12 bits per heavy atom. The molecule has 0 radical (unpaired) electrons. The highest BCUT2D eigenvalue weighted by Crippen LogP contribution is 2.40. The molecule has 0 amide bonds. The summed E-state index contributed by atoms with van der Waals surface area (Å²) in [6.07, 6.45) is 2.35. The fraction of sp³-hybridized carbons (Fsp3) is 0.176. The van der Waals surface area contributed by atoms with Crippen LogP contribution in [0.2, 0.25) is 0 Å².